The van der Waals surface area contributed by atoms with Crippen molar-refractivity contribution in [1.29, 1.82) is 0 Å². The van der Waals surface area contributed by atoms with Gasteiger partial charge in [-0.05, 0) is 25.1 Å². The Morgan fingerprint density at radius 1 is 0.893 bits per heavy atom. The molecule has 0 aliphatic carbocycles. The summed E-state index contributed by atoms with van der Waals surface area (Å²) in [6.45, 7) is 1.46. The molecule has 0 saturated carbocycles. The molecule has 2 aromatic rings. The first-order valence-corrected chi connectivity index (χ1v) is 9.73. The average Bonchev–Trinajstić information content (AvgIpc) is 2.77. The van der Waals surface area contributed by atoms with Crippen LogP contribution in [-0.4, -0.2) is 34.5 Å². The fourth-order valence-electron chi connectivity index (χ4n) is 2.58. The number of carbonyl (C=O) groups is 2. The highest BCUT2D eigenvalue weighted by Crippen LogP contribution is 2.31. The number of hydrogen-bond acceptors (Lipinski definition) is 6. The second kappa shape index (κ2) is 7.39. The molecule has 9 nitrogen and oxygen atoms in total. The lowest BCUT2D eigenvalue weighted by atomic mass is 10.1. The van der Waals surface area contributed by atoms with Gasteiger partial charge in [-0.3, -0.25) is 14.3 Å². The second-order valence-electron chi connectivity index (χ2n) is 6.11. The molecule has 2 aromatic carbocycles. The Balaban J connectivity index is 1.94. The molecular weight excluding hydrogens is 386 g/mol. The van der Waals surface area contributed by atoms with Crippen molar-refractivity contribution < 1.29 is 27.5 Å². The third-order valence-electron chi connectivity index (χ3n) is 4.21. The maximum atomic E-state index is 12.8. The Morgan fingerprint density at radius 2 is 1.46 bits per heavy atom. The van der Waals surface area contributed by atoms with Gasteiger partial charge in [0.15, 0.2) is 0 Å². The van der Waals surface area contributed by atoms with Crippen molar-refractivity contribution in [2.24, 2.45) is 5.92 Å². The number of sulfonamides is 1. The lowest BCUT2D eigenvalue weighted by molar-refractivity contribution is -0.128. The van der Waals surface area contributed by atoms with Crippen LogP contribution in [-0.2, 0) is 19.6 Å². The van der Waals surface area contributed by atoms with Crippen molar-refractivity contribution in [1.82, 2.24) is 0 Å². The maximum absolute atomic E-state index is 12.8. The van der Waals surface area contributed by atoms with Crippen LogP contribution in [0.25, 0.3) is 0 Å². The molecule has 0 saturated heterocycles. The van der Waals surface area contributed by atoms with E-state index in [1.165, 1.54) is 51.5 Å². The van der Waals surface area contributed by atoms with Gasteiger partial charge in [0.2, 0.25) is 11.8 Å². The number of ether oxygens (including phenoxy) is 2. The predicted octanol–water partition coefficient (Wildman–Crippen LogP) is 2.03. The number of rotatable bonds is 5. The zero-order valence-corrected chi connectivity index (χ0v) is 16.2. The summed E-state index contributed by atoms with van der Waals surface area (Å²) < 4.78 is 38.3. The zero-order chi connectivity index (χ0) is 20.5. The molecule has 0 aromatic heterocycles. The molecule has 148 valence electrons. The minimum atomic E-state index is -3.98. The molecule has 2 amide bonds. The summed E-state index contributed by atoms with van der Waals surface area (Å²) in [6.07, 6.45) is 0. The minimum absolute atomic E-state index is 0.0860. The van der Waals surface area contributed by atoms with Crippen molar-refractivity contribution in [2.45, 2.75) is 11.8 Å². The summed E-state index contributed by atoms with van der Waals surface area (Å²) in [7, 11) is -1.07. The molecule has 3 rings (SSSR count). The second-order valence-corrected chi connectivity index (χ2v) is 7.80. The Bertz CT molecular complexity index is 1030. The zero-order valence-electron chi connectivity index (χ0n) is 15.4. The third-order valence-corrected chi connectivity index (χ3v) is 5.59. The summed E-state index contributed by atoms with van der Waals surface area (Å²) in [6, 6.07) is 8.67. The normalized spacial score (nSPS) is 16.3. The highest BCUT2D eigenvalue weighted by molar-refractivity contribution is 7.92. The van der Waals surface area contributed by atoms with E-state index in [0.29, 0.717) is 17.2 Å². The van der Waals surface area contributed by atoms with Crippen LogP contribution in [0.15, 0.2) is 41.3 Å². The Hall–Kier alpha value is -3.27. The smallest absolute Gasteiger partial charge is 0.261 e. The van der Waals surface area contributed by atoms with Gasteiger partial charge in [0.25, 0.3) is 10.0 Å². The van der Waals surface area contributed by atoms with Gasteiger partial charge in [0, 0.05) is 18.2 Å². The SMILES string of the molecule is COc1cc(NS(=O)(=O)c2ccc3c(c2)NC(=O)C(C)C(=O)N3)cc(OC)c1. The molecule has 0 bridgehead atoms. The van der Waals surface area contributed by atoms with E-state index in [1.54, 1.807) is 6.07 Å². The van der Waals surface area contributed by atoms with Gasteiger partial charge < -0.3 is 20.1 Å². The first-order valence-electron chi connectivity index (χ1n) is 8.25. The number of benzene rings is 2. The third kappa shape index (κ3) is 3.86. The largest absolute Gasteiger partial charge is 0.497 e. The highest BCUT2D eigenvalue weighted by atomic mass is 32.2. The van der Waals surface area contributed by atoms with E-state index >= 15 is 0 Å². The molecule has 1 atom stereocenters. The molecule has 0 radical (unpaired) electrons. The van der Waals surface area contributed by atoms with Crippen molar-refractivity contribution >= 4 is 38.9 Å². The summed E-state index contributed by atoms with van der Waals surface area (Å²) in [5.74, 6) is -1.04. The number of nitrogens with one attached hydrogen (secondary N) is 3. The molecule has 0 spiro atoms. The van der Waals surface area contributed by atoms with Gasteiger partial charge in [0.1, 0.15) is 17.4 Å². The van der Waals surface area contributed by atoms with Crippen molar-refractivity contribution in [3.05, 3.63) is 36.4 Å². The van der Waals surface area contributed by atoms with Crippen LogP contribution >= 0.6 is 0 Å². The van der Waals surface area contributed by atoms with Crippen molar-refractivity contribution in [3.8, 4) is 11.5 Å². The van der Waals surface area contributed by atoms with Gasteiger partial charge in [-0.15, -0.1) is 0 Å². The van der Waals surface area contributed by atoms with Gasteiger partial charge >= 0.3 is 0 Å². The van der Waals surface area contributed by atoms with Gasteiger partial charge in [-0.1, -0.05) is 0 Å². The number of methoxy groups -OCH3 is 2. The summed E-state index contributed by atoms with van der Waals surface area (Å²) in [4.78, 5) is 23.8. The lowest BCUT2D eigenvalue weighted by Crippen LogP contribution is -2.28. The van der Waals surface area contributed by atoms with Gasteiger partial charge in [0.05, 0.1) is 36.2 Å². The first kappa shape index (κ1) is 19.5. The summed E-state index contributed by atoms with van der Waals surface area (Å²) in [5, 5.41) is 5.15. The summed E-state index contributed by atoms with van der Waals surface area (Å²) in [5.41, 5.74) is 0.774. The quantitative estimate of drug-likeness (QED) is 0.654. The molecular formula is C18H19N3O6S. The number of hydrogen-bond donors (Lipinski definition) is 3. The predicted molar refractivity (Wildman–Crippen MR) is 103 cm³/mol. The van der Waals surface area contributed by atoms with Crippen LogP contribution in [0, 0.1) is 5.92 Å². The Kier molecular flexibility index (Phi) is 5.14. The molecule has 3 N–H and O–H groups in total. The van der Waals surface area contributed by atoms with Crippen LogP contribution in [0.4, 0.5) is 17.1 Å². The fraction of sp³-hybridized carbons (Fsp3) is 0.222. The molecule has 1 heterocycles. The van der Waals surface area contributed by atoms with E-state index in [-0.39, 0.29) is 16.3 Å². The topological polar surface area (TPSA) is 123 Å². The Labute approximate surface area is 162 Å². The molecule has 1 aliphatic heterocycles. The average molecular weight is 405 g/mol. The molecule has 1 aliphatic rings. The van der Waals surface area contributed by atoms with Crippen LogP contribution in [0.2, 0.25) is 0 Å². The summed E-state index contributed by atoms with van der Waals surface area (Å²) >= 11 is 0. The van der Waals surface area contributed by atoms with E-state index < -0.39 is 27.8 Å². The fourth-order valence-corrected chi connectivity index (χ4v) is 3.65. The maximum Gasteiger partial charge on any atom is 0.261 e. The molecule has 1 unspecified atom stereocenters. The van der Waals surface area contributed by atoms with Crippen LogP contribution in [0.5, 0.6) is 11.5 Å². The monoisotopic (exact) mass is 405 g/mol. The van der Waals surface area contributed by atoms with Gasteiger partial charge in [-0.25, -0.2) is 8.42 Å². The standard InChI is InChI=1S/C18H19N3O6S/c1-10-17(22)19-15-5-4-14(9-16(15)20-18(10)23)28(24,25)21-11-6-12(26-2)8-13(7-11)27-3/h4-10,21H,1-3H3,(H,19,22)(H,20,23). The van der Waals surface area contributed by atoms with Crippen molar-refractivity contribution in [2.75, 3.05) is 29.6 Å². The van der Waals surface area contributed by atoms with Crippen LogP contribution < -0.4 is 24.8 Å². The van der Waals surface area contributed by atoms with Crippen molar-refractivity contribution in [3.63, 3.8) is 0 Å². The number of amides is 2. The molecule has 28 heavy (non-hydrogen) atoms. The van der Waals surface area contributed by atoms with Crippen LogP contribution in [0.1, 0.15) is 6.92 Å². The van der Waals surface area contributed by atoms with E-state index in [0.717, 1.165) is 0 Å². The molecule has 0 fully saturated rings. The van der Waals surface area contributed by atoms with Gasteiger partial charge in [-0.2, -0.15) is 0 Å². The van der Waals surface area contributed by atoms with Crippen LogP contribution in [0.3, 0.4) is 0 Å². The van der Waals surface area contributed by atoms with E-state index in [2.05, 4.69) is 15.4 Å². The van der Waals surface area contributed by atoms with E-state index in [9.17, 15) is 18.0 Å². The lowest BCUT2D eigenvalue weighted by Gasteiger charge is -2.13. The number of carbonyl (C=O) groups excluding carboxylic acids is 2. The highest BCUT2D eigenvalue weighted by Gasteiger charge is 2.28. The Morgan fingerprint density at radius 3 is 2.04 bits per heavy atom. The molecule has 10 heteroatoms. The first-order chi connectivity index (χ1) is 13.2. The van der Waals surface area contributed by atoms with E-state index in [4.69, 9.17) is 9.47 Å². The van der Waals surface area contributed by atoms with E-state index in [1.807, 2.05) is 0 Å². The minimum Gasteiger partial charge on any atom is -0.497 e. The number of fused-ring (bicyclic) bond motifs is 1. The number of anilines is 3.